The van der Waals surface area contributed by atoms with E-state index in [0.29, 0.717) is 32.7 Å². The van der Waals surface area contributed by atoms with Crippen LogP contribution in [0, 0.1) is 0 Å². The number of carbonyl (C=O) groups is 2. The van der Waals surface area contributed by atoms with Crippen molar-refractivity contribution in [3.05, 3.63) is 35.4 Å². The molecule has 0 unspecified atom stereocenters. The number of ether oxygens (including phenoxy) is 1. The van der Waals surface area contributed by atoms with Crippen molar-refractivity contribution in [1.82, 2.24) is 15.5 Å². The zero-order valence-electron chi connectivity index (χ0n) is 14.0. The van der Waals surface area contributed by atoms with Crippen LogP contribution in [0.1, 0.15) is 24.0 Å². The highest BCUT2D eigenvalue weighted by atomic mass is 35.5. The minimum Gasteiger partial charge on any atom is -0.383 e. The first kappa shape index (κ1) is 20.4. The Morgan fingerprint density at radius 3 is 2.71 bits per heavy atom. The molecule has 1 aliphatic heterocycles. The maximum atomic E-state index is 11.8. The van der Waals surface area contributed by atoms with Crippen LogP contribution in [0.4, 0.5) is 0 Å². The van der Waals surface area contributed by atoms with Crippen molar-refractivity contribution in [2.75, 3.05) is 33.4 Å². The molecule has 0 spiro atoms. The lowest BCUT2D eigenvalue weighted by atomic mass is 10.1. The number of benzene rings is 1. The van der Waals surface area contributed by atoms with E-state index in [4.69, 9.17) is 4.74 Å². The summed E-state index contributed by atoms with van der Waals surface area (Å²) < 4.78 is 4.91. The van der Waals surface area contributed by atoms with Gasteiger partial charge in [-0.1, -0.05) is 24.3 Å². The molecule has 134 valence electrons. The van der Waals surface area contributed by atoms with Crippen LogP contribution in [0.25, 0.3) is 0 Å². The standard InChI is InChI=1S/C17H25N3O3.ClH/c1-23-10-8-18-12-16(21)19-11-14-5-2-3-6-15(14)13-20-9-4-7-17(20)22;/h2-3,5-6,18H,4,7-13H2,1H3,(H,19,21);1H. The lowest BCUT2D eigenvalue weighted by Crippen LogP contribution is -2.35. The van der Waals surface area contributed by atoms with Gasteiger partial charge in [-0.3, -0.25) is 9.59 Å². The van der Waals surface area contributed by atoms with Crippen LogP contribution in [0.5, 0.6) is 0 Å². The summed E-state index contributed by atoms with van der Waals surface area (Å²) in [5, 5.41) is 5.92. The first-order valence-corrected chi connectivity index (χ1v) is 8.01. The largest absolute Gasteiger partial charge is 0.383 e. The van der Waals surface area contributed by atoms with E-state index in [2.05, 4.69) is 10.6 Å². The highest BCUT2D eigenvalue weighted by Gasteiger charge is 2.20. The van der Waals surface area contributed by atoms with E-state index in [9.17, 15) is 9.59 Å². The molecule has 0 bridgehead atoms. The van der Waals surface area contributed by atoms with Crippen molar-refractivity contribution < 1.29 is 14.3 Å². The third-order valence-electron chi connectivity index (χ3n) is 3.90. The molecule has 0 aromatic heterocycles. The molecule has 7 heteroatoms. The predicted octanol–water partition coefficient (Wildman–Crippen LogP) is 1.08. The molecule has 1 saturated heterocycles. The SMILES string of the molecule is COCCNCC(=O)NCc1ccccc1CN1CCCC1=O.Cl. The molecule has 2 rings (SSSR count). The predicted molar refractivity (Wildman–Crippen MR) is 94.9 cm³/mol. The van der Waals surface area contributed by atoms with Crippen molar-refractivity contribution in [2.45, 2.75) is 25.9 Å². The highest BCUT2D eigenvalue weighted by Crippen LogP contribution is 2.17. The molecule has 0 radical (unpaired) electrons. The van der Waals surface area contributed by atoms with Gasteiger partial charge in [-0.25, -0.2) is 0 Å². The molecule has 0 atom stereocenters. The van der Waals surface area contributed by atoms with Crippen molar-refractivity contribution >= 4 is 24.2 Å². The average Bonchev–Trinajstić information content (AvgIpc) is 2.96. The molecule has 1 fully saturated rings. The first-order valence-electron chi connectivity index (χ1n) is 8.01. The van der Waals surface area contributed by atoms with E-state index in [0.717, 1.165) is 24.1 Å². The van der Waals surface area contributed by atoms with Gasteiger partial charge >= 0.3 is 0 Å². The first-order chi connectivity index (χ1) is 11.2. The van der Waals surface area contributed by atoms with E-state index in [-0.39, 0.29) is 30.8 Å². The second kappa shape index (κ2) is 11.0. The number of amides is 2. The molecule has 1 aromatic rings. The smallest absolute Gasteiger partial charge is 0.234 e. The Hall–Kier alpha value is -1.63. The molecule has 1 aliphatic rings. The summed E-state index contributed by atoms with van der Waals surface area (Å²) in [5.41, 5.74) is 2.15. The summed E-state index contributed by atoms with van der Waals surface area (Å²) in [5.74, 6) is 0.166. The Balaban J connectivity index is 0.00000288. The van der Waals surface area contributed by atoms with E-state index in [1.54, 1.807) is 7.11 Å². The van der Waals surface area contributed by atoms with Gasteiger partial charge in [0.15, 0.2) is 0 Å². The van der Waals surface area contributed by atoms with Gasteiger partial charge in [0.1, 0.15) is 0 Å². The minimum atomic E-state index is -0.0480. The van der Waals surface area contributed by atoms with Crippen LogP contribution in [-0.2, 0) is 27.4 Å². The van der Waals surface area contributed by atoms with Gasteiger partial charge in [0.05, 0.1) is 13.2 Å². The summed E-state index contributed by atoms with van der Waals surface area (Å²) >= 11 is 0. The fourth-order valence-corrected chi connectivity index (χ4v) is 2.59. The molecular weight excluding hydrogens is 330 g/mol. The maximum absolute atomic E-state index is 11.8. The maximum Gasteiger partial charge on any atom is 0.234 e. The van der Waals surface area contributed by atoms with Crippen molar-refractivity contribution in [1.29, 1.82) is 0 Å². The fraction of sp³-hybridized carbons (Fsp3) is 0.529. The number of hydrogen-bond acceptors (Lipinski definition) is 4. The molecule has 2 N–H and O–H groups in total. The Morgan fingerprint density at radius 2 is 2.04 bits per heavy atom. The number of carbonyl (C=O) groups excluding carboxylic acids is 2. The second-order valence-corrected chi connectivity index (χ2v) is 5.63. The molecular formula is C17H26ClN3O3. The van der Waals surface area contributed by atoms with Gasteiger partial charge in [-0.05, 0) is 17.5 Å². The van der Waals surface area contributed by atoms with E-state index >= 15 is 0 Å². The number of halogens is 1. The average molecular weight is 356 g/mol. The van der Waals surface area contributed by atoms with Gasteiger partial charge in [0.2, 0.25) is 11.8 Å². The van der Waals surface area contributed by atoms with Crippen LogP contribution in [0.15, 0.2) is 24.3 Å². The van der Waals surface area contributed by atoms with Crippen molar-refractivity contribution in [3.8, 4) is 0 Å². The Labute approximate surface area is 149 Å². The van der Waals surface area contributed by atoms with Gasteiger partial charge in [-0.15, -0.1) is 12.4 Å². The van der Waals surface area contributed by atoms with Gasteiger partial charge < -0.3 is 20.3 Å². The zero-order chi connectivity index (χ0) is 16.5. The number of nitrogens with zero attached hydrogens (tertiary/aromatic N) is 1. The number of hydrogen-bond donors (Lipinski definition) is 2. The molecule has 24 heavy (non-hydrogen) atoms. The lowest BCUT2D eigenvalue weighted by molar-refractivity contribution is -0.128. The highest BCUT2D eigenvalue weighted by molar-refractivity contribution is 5.85. The Kier molecular flexibility index (Phi) is 9.37. The number of methoxy groups -OCH3 is 1. The normalized spacial score (nSPS) is 13.7. The van der Waals surface area contributed by atoms with Gasteiger partial charge in [-0.2, -0.15) is 0 Å². The van der Waals surface area contributed by atoms with Crippen LogP contribution in [0.2, 0.25) is 0 Å². The number of likely N-dealkylation sites (tertiary alicyclic amines) is 1. The third-order valence-corrected chi connectivity index (χ3v) is 3.90. The Bertz CT molecular complexity index is 540. The van der Waals surface area contributed by atoms with Crippen LogP contribution in [0.3, 0.4) is 0 Å². The van der Waals surface area contributed by atoms with Crippen LogP contribution >= 0.6 is 12.4 Å². The molecule has 2 amide bonds. The summed E-state index contributed by atoms with van der Waals surface area (Å²) in [6, 6.07) is 7.93. The minimum absolute atomic E-state index is 0. The quantitative estimate of drug-likeness (QED) is 0.650. The summed E-state index contributed by atoms with van der Waals surface area (Å²) in [6.07, 6.45) is 1.58. The number of nitrogens with one attached hydrogen (secondary N) is 2. The topological polar surface area (TPSA) is 70.7 Å². The van der Waals surface area contributed by atoms with Gasteiger partial charge in [0.25, 0.3) is 0 Å². The molecule has 1 aromatic carbocycles. The zero-order valence-corrected chi connectivity index (χ0v) is 14.9. The molecule has 0 aliphatic carbocycles. The fourth-order valence-electron chi connectivity index (χ4n) is 2.59. The summed E-state index contributed by atoms with van der Waals surface area (Å²) in [6.45, 7) is 3.43. The molecule has 6 nitrogen and oxygen atoms in total. The second-order valence-electron chi connectivity index (χ2n) is 5.63. The molecule has 0 saturated carbocycles. The van der Waals surface area contributed by atoms with E-state index in [1.807, 2.05) is 29.2 Å². The summed E-state index contributed by atoms with van der Waals surface area (Å²) in [4.78, 5) is 25.5. The van der Waals surface area contributed by atoms with Crippen LogP contribution < -0.4 is 10.6 Å². The van der Waals surface area contributed by atoms with E-state index in [1.165, 1.54) is 0 Å². The van der Waals surface area contributed by atoms with Crippen molar-refractivity contribution in [2.24, 2.45) is 0 Å². The Morgan fingerprint density at radius 1 is 1.29 bits per heavy atom. The number of rotatable bonds is 9. The van der Waals surface area contributed by atoms with Gasteiger partial charge in [0, 0.05) is 39.7 Å². The van der Waals surface area contributed by atoms with Crippen molar-refractivity contribution in [3.63, 3.8) is 0 Å². The van der Waals surface area contributed by atoms with Crippen LogP contribution in [-0.4, -0.2) is 50.1 Å². The lowest BCUT2D eigenvalue weighted by Gasteiger charge is -2.18. The third kappa shape index (κ3) is 6.47. The monoisotopic (exact) mass is 355 g/mol. The molecule has 1 heterocycles. The summed E-state index contributed by atoms with van der Waals surface area (Å²) in [7, 11) is 1.63. The van der Waals surface area contributed by atoms with E-state index < -0.39 is 0 Å².